The van der Waals surface area contributed by atoms with Crippen LogP contribution in [0.15, 0.2) is 60.9 Å². The summed E-state index contributed by atoms with van der Waals surface area (Å²) >= 11 is 0. The minimum absolute atomic E-state index is 0. The number of rotatable bonds is 18. The molecule has 21 nitrogen and oxygen atoms in total. The van der Waals surface area contributed by atoms with Crippen molar-refractivity contribution in [2.24, 2.45) is 10.8 Å². The smallest absolute Gasteiger partial charge is 0.246 e. The van der Waals surface area contributed by atoms with Crippen molar-refractivity contribution < 1.29 is 33.5 Å². The Hall–Kier alpha value is -6.00. The van der Waals surface area contributed by atoms with Gasteiger partial charge in [0.2, 0.25) is 35.4 Å². The average Bonchev–Trinajstić information content (AvgIpc) is 4.46. The first-order chi connectivity index (χ1) is 36.6. The third-order valence-electron chi connectivity index (χ3n) is 15.9. The molecule has 4 aliphatic rings. The molecule has 0 saturated carbocycles. The highest BCUT2D eigenvalue weighted by atomic mass is 35.5. The van der Waals surface area contributed by atoms with Crippen LogP contribution in [0, 0.1) is 10.8 Å². The van der Waals surface area contributed by atoms with Gasteiger partial charge in [-0.15, -0.1) is 35.0 Å². The van der Waals surface area contributed by atoms with E-state index in [1.165, 1.54) is 11.1 Å². The summed E-state index contributed by atoms with van der Waals surface area (Å²) in [6.07, 6.45) is 9.37. The molecule has 10 atom stereocenters. The van der Waals surface area contributed by atoms with Gasteiger partial charge in [0.15, 0.2) is 0 Å². The highest BCUT2D eigenvalue weighted by molar-refractivity contribution is 5.95. The van der Waals surface area contributed by atoms with E-state index in [9.17, 15) is 28.8 Å². The molecule has 432 valence electrons. The van der Waals surface area contributed by atoms with E-state index in [4.69, 9.17) is 4.74 Å². The molecule has 23 heteroatoms. The number of hydrogen-bond donors (Lipinski definition) is 6. The molecule has 2 fully saturated rings. The Labute approximate surface area is 476 Å². The fourth-order valence-electron chi connectivity index (χ4n) is 11.1. The highest BCUT2D eigenvalue weighted by Crippen LogP contribution is 2.36. The predicted molar refractivity (Wildman–Crippen MR) is 302 cm³/mol. The molecular formula is C56H82Cl2N14O7. The molecule has 4 aromatic rings. The van der Waals surface area contributed by atoms with E-state index in [0.29, 0.717) is 11.4 Å². The van der Waals surface area contributed by atoms with E-state index < -0.39 is 59.2 Å². The second-order valence-electron chi connectivity index (χ2n) is 23.6. The number of benzene rings is 2. The number of halogens is 2. The molecule has 0 spiro atoms. The number of aromatic nitrogens is 6. The molecular weight excluding hydrogens is 1050 g/mol. The Balaban J connectivity index is 0.00000504. The lowest BCUT2D eigenvalue weighted by molar-refractivity contribution is -0.144. The molecule has 2 aliphatic heterocycles. The van der Waals surface area contributed by atoms with Crippen molar-refractivity contribution in [1.29, 1.82) is 0 Å². The fraction of sp³-hybridized carbons (Fsp3) is 0.607. The van der Waals surface area contributed by atoms with Gasteiger partial charge in [-0.2, -0.15) is 0 Å². The Morgan fingerprint density at radius 1 is 0.608 bits per heavy atom. The Kier molecular flexibility index (Phi) is 20.9. The lowest BCUT2D eigenvalue weighted by Gasteiger charge is -2.36. The minimum atomic E-state index is -0.915. The maximum absolute atomic E-state index is 14.7. The second kappa shape index (κ2) is 26.5. The monoisotopic (exact) mass is 1130 g/mol. The molecule has 0 radical (unpaired) electrons. The van der Waals surface area contributed by atoms with Gasteiger partial charge in [-0.05, 0) is 99.6 Å². The number of likely N-dealkylation sites (N-methyl/N-ethyl adjacent to an activating group) is 2. The number of fused-ring (bicyclic) bond motifs is 2. The predicted octanol–water partition coefficient (Wildman–Crippen LogP) is 4.38. The van der Waals surface area contributed by atoms with E-state index in [0.717, 1.165) is 49.7 Å². The maximum Gasteiger partial charge on any atom is 0.246 e. The summed E-state index contributed by atoms with van der Waals surface area (Å²) in [5.74, 6) is -1.87. The zero-order chi connectivity index (χ0) is 55.3. The molecule has 2 saturated heterocycles. The Morgan fingerprint density at radius 3 is 1.35 bits per heavy atom. The van der Waals surface area contributed by atoms with Crippen LogP contribution in [-0.4, -0.2) is 139 Å². The van der Waals surface area contributed by atoms with Gasteiger partial charge in [-0.3, -0.25) is 28.8 Å². The number of amides is 6. The van der Waals surface area contributed by atoms with E-state index in [-0.39, 0.29) is 111 Å². The molecule has 8 rings (SSSR count). The van der Waals surface area contributed by atoms with Crippen LogP contribution in [0.2, 0.25) is 0 Å². The number of aryl methyl sites for hydroxylation is 2. The second-order valence-corrected chi connectivity index (χ2v) is 23.6. The van der Waals surface area contributed by atoms with Gasteiger partial charge in [0, 0.05) is 25.9 Å². The minimum Gasteiger partial charge on any atom is -0.369 e. The van der Waals surface area contributed by atoms with Gasteiger partial charge in [0.25, 0.3) is 0 Å². The van der Waals surface area contributed by atoms with Crippen molar-refractivity contribution in [2.75, 3.05) is 27.2 Å². The number of nitrogens with zero attached hydrogens (tertiary/aromatic N) is 8. The molecule has 2 aliphatic carbocycles. The van der Waals surface area contributed by atoms with Crippen LogP contribution in [0.25, 0.3) is 0 Å². The number of likely N-dealkylation sites (tertiary alicyclic amines) is 2. The summed E-state index contributed by atoms with van der Waals surface area (Å²) < 4.78 is 9.46. The number of nitrogens with one attached hydrogen (secondary N) is 6. The van der Waals surface area contributed by atoms with Crippen LogP contribution >= 0.6 is 24.8 Å². The van der Waals surface area contributed by atoms with Crippen molar-refractivity contribution in [1.82, 2.24) is 71.7 Å². The molecule has 79 heavy (non-hydrogen) atoms. The zero-order valence-electron chi connectivity index (χ0n) is 47.3. The van der Waals surface area contributed by atoms with Crippen LogP contribution < -0.4 is 31.9 Å². The molecule has 6 N–H and O–H groups in total. The van der Waals surface area contributed by atoms with Crippen LogP contribution in [0.3, 0.4) is 0 Å². The van der Waals surface area contributed by atoms with Gasteiger partial charge in [-0.25, -0.2) is 9.36 Å². The topological polar surface area (TPSA) is 252 Å². The lowest BCUT2D eigenvalue weighted by Crippen LogP contribution is -2.59. The fourth-order valence-corrected chi connectivity index (χ4v) is 11.1. The zero-order valence-corrected chi connectivity index (χ0v) is 48.9. The van der Waals surface area contributed by atoms with Crippen LogP contribution in [-0.2, 0) is 59.6 Å². The number of carbonyl (C=O) groups excluding carboxylic acids is 6. The number of carbonyl (C=O) groups is 6. The first-order valence-corrected chi connectivity index (χ1v) is 27.4. The molecule has 4 heterocycles. The highest BCUT2D eigenvalue weighted by Gasteiger charge is 2.48. The summed E-state index contributed by atoms with van der Waals surface area (Å²) in [5.41, 5.74) is 4.27. The van der Waals surface area contributed by atoms with Crippen LogP contribution in [0.1, 0.15) is 152 Å². The van der Waals surface area contributed by atoms with Crippen molar-refractivity contribution in [3.05, 3.63) is 94.6 Å². The quantitative estimate of drug-likeness (QED) is 0.0811. The lowest BCUT2D eigenvalue weighted by atomic mass is 9.85. The summed E-state index contributed by atoms with van der Waals surface area (Å²) in [5, 5.41) is 36.1. The van der Waals surface area contributed by atoms with Gasteiger partial charge < -0.3 is 46.4 Å². The van der Waals surface area contributed by atoms with Crippen molar-refractivity contribution in [3.8, 4) is 0 Å². The molecule has 0 bridgehead atoms. The molecule has 2 aromatic heterocycles. The van der Waals surface area contributed by atoms with E-state index in [2.05, 4.69) is 76.8 Å². The maximum atomic E-state index is 14.7. The summed E-state index contributed by atoms with van der Waals surface area (Å²) in [7, 11) is 3.37. The average molecular weight is 1130 g/mol. The first-order valence-electron chi connectivity index (χ1n) is 27.4. The third kappa shape index (κ3) is 14.5. The largest absolute Gasteiger partial charge is 0.369 e. The Morgan fingerprint density at radius 2 is 0.987 bits per heavy atom. The SMILES string of the molecule is CN[C@@H](C)C(=O)N[C@H](C(=O)N1C[C@@H](n2cc(COCc3cn([C@H]4C[C@@H](C(=O)N[C@@H]5CCCc6ccccc65)N(C(=O)[C@@H](NC(=O)[C@H](C)NC)C(C)(C)C)C4)nn3)nn2)C[C@H]1C(=O)N[C@@H]1CCCc2ccccc21)C(C)(C)C.Cl.Cl. The van der Waals surface area contributed by atoms with E-state index in [1.807, 2.05) is 65.8 Å². The van der Waals surface area contributed by atoms with Crippen molar-refractivity contribution in [3.63, 3.8) is 0 Å². The summed E-state index contributed by atoms with van der Waals surface area (Å²) in [6.45, 7) is 15.3. The van der Waals surface area contributed by atoms with Crippen LogP contribution in [0.5, 0.6) is 0 Å². The van der Waals surface area contributed by atoms with Gasteiger partial charge in [0.1, 0.15) is 35.6 Å². The Bertz CT molecular complexity index is 2590. The first kappa shape index (κ1) is 62.2. The molecule has 0 unspecified atom stereocenters. The summed E-state index contributed by atoms with van der Waals surface area (Å²) in [4.78, 5) is 87.9. The van der Waals surface area contributed by atoms with Gasteiger partial charge in [-0.1, -0.05) is 101 Å². The van der Waals surface area contributed by atoms with E-state index in [1.54, 1.807) is 59.5 Å². The number of ether oxygens (including phenoxy) is 1. The number of hydrogen-bond acceptors (Lipinski definition) is 13. The van der Waals surface area contributed by atoms with Gasteiger partial charge >= 0.3 is 0 Å². The van der Waals surface area contributed by atoms with E-state index >= 15 is 0 Å². The van der Waals surface area contributed by atoms with Crippen molar-refractivity contribution >= 4 is 60.3 Å². The van der Waals surface area contributed by atoms with Crippen molar-refractivity contribution in [2.45, 2.75) is 180 Å². The van der Waals surface area contributed by atoms with Gasteiger partial charge in [0.05, 0.1) is 61.9 Å². The molecule has 6 amide bonds. The molecule has 2 aromatic carbocycles. The third-order valence-corrected chi connectivity index (χ3v) is 15.9. The standard InChI is InChI=1S/C56H80N14O7.2ClH/c1-33(57-9)49(71)61-47(55(3,4)5)53(75)67-29-39(25-45(67)51(73)59-43-23-15-19-35-17-11-13-21-41(35)43)69-27-37(63-65-69)31-77-32-38-28-70(66-64-38)40-26-46(52(74)60-44-24-16-20-36-18-12-14-22-42(36)44)68(30-40)54(76)48(56(6,7)8)62-50(72)34(2)58-10;;/h11-14,17-18,21-22,27-28,33-34,39-40,43-48,57-58H,15-16,19-20,23-26,29-32H2,1-10H3,(H,59,73)(H,60,74)(H,61,71)(H,62,72);2*1H/t33-,34-,39-,40-,43+,44+,45-,46-,47+,48+;;/m0../s1. The summed E-state index contributed by atoms with van der Waals surface area (Å²) in [6, 6.07) is 10.5. The van der Waals surface area contributed by atoms with Crippen LogP contribution in [0.4, 0.5) is 0 Å². The normalized spacial score (nSPS) is 22.4.